The van der Waals surface area contributed by atoms with Gasteiger partial charge in [0, 0.05) is 12.6 Å². The number of likely N-dealkylation sites (tertiary alicyclic amines) is 1. The van der Waals surface area contributed by atoms with Crippen molar-refractivity contribution in [2.24, 2.45) is 0 Å². The molecule has 0 radical (unpaired) electrons. The molecule has 3 heteroatoms. The van der Waals surface area contributed by atoms with Gasteiger partial charge in [-0.1, -0.05) is 6.42 Å². The van der Waals surface area contributed by atoms with Gasteiger partial charge < -0.3 is 10.2 Å². The summed E-state index contributed by atoms with van der Waals surface area (Å²) in [6, 6.07) is 0.471. The van der Waals surface area contributed by atoms with E-state index < -0.39 is 0 Å². The van der Waals surface area contributed by atoms with Crippen molar-refractivity contribution in [3.63, 3.8) is 0 Å². The van der Waals surface area contributed by atoms with Crippen LogP contribution in [0.3, 0.4) is 0 Å². The van der Waals surface area contributed by atoms with Crippen molar-refractivity contribution in [1.29, 1.82) is 0 Å². The van der Waals surface area contributed by atoms with Crippen molar-refractivity contribution in [3.05, 3.63) is 0 Å². The van der Waals surface area contributed by atoms with Crippen LogP contribution in [0.15, 0.2) is 0 Å². The van der Waals surface area contributed by atoms with Gasteiger partial charge in [-0.25, -0.2) is 0 Å². The first-order chi connectivity index (χ1) is 6.59. The zero-order chi connectivity index (χ0) is 10.6. The first-order valence-corrected chi connectivity index (χ1v) is 5.69. The lowest BCUT2D eigenvalue weighted by molar-refractivity contribution is 0.0497. The number of hydrogen-bond acceptors (Lipinski definition) is 3. The molecule has 1 heterocycles. The number of piperidine rings is 1. The molecule has 0 aromatic carbocycles. The van der Waals surface area contributed by atoms with E-state index in [9.17, 15) is 10.2 Å². The molecule has 84 valence electrons. The van der Waals surface area contributed by atoms with Crippen LogP contribution in [0, 0.1) is 0 Å². The molecule has 3 nitrogen and oxygen atoms in total. The van der Waals surface area contributed by atoms with Gasteiger partial charge in [-0.15, -0.1) is 0 Å². The van der Waals surface area contributed by atoms with E-state index in [2.05, 4.69) is 4.90 Å². The predicted molar refractivity (Wildman–Crippen MR) is 57.2 cm³/mol. The minimum absolute atomic E-state index is 0.227. The maximum Gasteiger partial charge on any atom is 0.0639 e. The highest BCUT2D eigenvalue weighted by Gasteiger charge is 2.24. The van der Waals surface area contributed by atoms with Crippen LogP contribution in [-0.4, -0.2) is 46.5 Å². The Balaban J connectivity index is 2.41. The monoisotopic (exact) mass is 201 g/mol. The molecule has 1 aliphatic rings. The molecule has 1 fully saturated rings. The van der Waals surface area contributed by atoms with Crippen LogP contribution in [0.2, 0.25) is 0 Å². The third-order valence-electron chi connectivity index (χ3n) is 2.86. The molecule has 0 aromatic heterocycles. The molecule has 1 aliphatic heterocycles. The largest absolute Gasteiger partial charge is 0.393 e. The van der Waals surface area contributed by atoms with Gasteiger partial charge in [0.15, 0.2) is 0 Å². The number of nitrogens with zero attached hydrogens (tertiary/aromatic N) is 1. The van der Waals surface area contributed by atoms with Crippen molar-refractivity contribution in [2.75, 3.05) is 13.1 Å². The molecule has 3 atom stereocenters. The van der Waals surface area contributed by atoms with E-state index >= 15 is 0 Å². The van der Waals surface area contributed by atoms with Crippen LogP contribution in [-0.2, 0) is 0 Å². The second kappa shape index (κ2) is 5.69. The number of β-amino-alcohol motifs (C(OH)–C–C–N with tert-alkyl or cyclic N) is 1. The van der Waals surface area contributed by atoms with E-state index in [1.807, 2.05) is 13.8 Å². The van der Waals surface area contributed by atoms with Crippen molar-refractivity contribution < 1.29 is 10.2 Å². The normalized spacial score (nSPS) is 28.7. The van der Waals surface area contributed by atoms with E-state index in [0.29, 0.717) is 6.04 Å². The van der Waals surface area contributed by atoms with Gasteiger partial charge in [-0.2, -0.15) is 0 Å². The van der Waals surface area contributed by atoms with E-state index in [0.717, 1.165) is 25.9 Å². The molecule has 1 saturated heterocycles. The summed E-state index contributed by atoms with van der Waals surface area (Å²) in [5, 5.41) is 18.7. The molecule has 3 unspecified atom stereocenters. The minimum atomic E-state index is -0.260. The van der Waals surface area contributed by atoms with Gasteiger partial charge >= 0.3 is 0 Å². The summed E-state index contributed by atoms with van der Waals surface area (Å²) in [5.41, 5.74) is 0. The summed E-state index contributed by atoms with van der Waals surface area (Å²) in [6.45, 7) is 5.49. The molecule has 0 aromatic rings. The average molecular weight is 201 g/mol. The lowest BCUT2D eigenvalue weighted by Crippen LogP contribution is -2.44. The molecular weight excluding hydrogens is 178 g/mol. The first kappa shape index (κ1) is 12.0. The zero-order valence-corrected chi connectivity index (χ0v) is 9.32. The van der Waals surface area contributed by atoms with E-state index in [-0.39, 0.29) is 12.2 Å². The van der Waals surface area contributed by atoms with Crippen LogP contribution in [0.1, 0.15) is 39.5 Å². The highest BCUT2D eigenvalue weighted by atomic mass is 16.3. The SMILES string of the molecule is CC(O)CC1CCCCN1CC(C)O. The van der Waals surface area contributed by atoms with Gasteiger partial charge in [0.1, 0.15) is 0 Å². The summed E-state index contributed by atoms with van der Waals surface area (Å²) in [5.74, 6) is 0. The molecule has 2 N–H and O–H groups in total. The van der Waals surface area contributed by atoms with E-state index in [4.69, 9.17) is 0 Å². The fourth-order valence-corrected chi connectivity index (χ4v) is 2.30. The molecule has 0 bridgehead atoms. The second-order valence-electron chi connectivity index (χ2n) is 4.58. The molecular formula is C11H23NO2. The fraction of sp³-hybridized carbons (Fsp3) is 1.00. The quantitative estimate of drug-likeness (QED) is 0.713. The Morgan fingerprint density at radius 3 is 2.50 bits per heavy atom. The summed E-state index contributed by atoms with van der Waals surface area (Å²) >= 11 is 0. The van der Waals surface area contributed by atoms with Gasteiger partial charge in [-0.3, -0.25) is 4.90 Å². The van der Waals surface area contributed by atoms with E-state index in [1.165, 1.54) is 12.8 Å². The summed E-state index contributed by atoms with van der Waals surface area (Å²) in [6.07, 6.45) is 4.00. The zero-order valence-electron chi connectivity index (χ0n) is 9.32. The molecule has 14 heavy (non-hydrogen) atoms. The highest BCUT2D eigenvalue weighted by Crippen LogP contribution is 2.20. The lowest BCUT2D eigenvalue weighted by Gasteiger charge is -2.37. The van der Waals surface area contributed by atoms with Crippen molar-refractivity contribution in [2.45, 2.75) is 57.8 Å². The van der Waals surface area contributed by atoms with Crippen LogP contribution < -0.4 is 0 Å². The molecule has 1 rings (SSSR count). The van der Waals surface area contributed by atoms with Crippen LogP contribution in [0.4, 0.5) is 0 Å². The number of hydrogen-bond donors (Lipinski definition) is 2. The Labute approximate surface area is 86.7 Å². The van der Waals surface area contributed by atoms with Crippen molar-refractivity contribution >= 4 is 0 Å². The summed E-state index contributed by atoms with van der Waals surface area (Å²) in [7, 11) is 0. The fourth-order valence-electron chi connectivity index (χ4n) is 2.30. The molecule has 0 spiro atoms. The summed E-state index contributed by atoms with van der Waals surface area (Å²) in [4.78, 5) is 2.32. The van der Waals surface area contributed by atoms with Gasteiger partial charge in [0.2, 0.25) is 0 Å². The molecule has 0 aliphatic carbocycles. The van der Waals surface area contributed by atoms with Crippen LogP contribution in [0.5, 0.6) is 0 Å². The smallest absolute Gasteiger partial charge is 0.0639 e. The lowest BCUT2D eigenvalue weighted by atomic mass is 9.97. The Morgan fingerprint density at radius 2 is 1.93 bits per heavy atom. The van der Waals surface area contributed by atoms with Gasteiger partial charge in [0.25, 0.3) is 0 Å². The first-order valence-electron chi connectivity index (χ1n) is 5.69. The Hall–Kier alpha value is -0.120. The number of rotatable bonds is 4. The number of aliphatic hydroxyl groups excluding tert-OH is 2. The second-order valence-corrected chi connectivity index (χ2v) is 4.58. The van der Waals surface area contributed by atoms with Gasteiger partial charge in [0.05, 0.1) is 12.2 Å². The van der Waals surface area contributed by atoms with Crippen LogP contribution in [0.25, 0.3) is 0 Å². The van der Waals surface area contributed by atoms with E-state index in [1.54, 1.807) is 0 Å². The van der Waals surface area contributed by atoms with Crippen molar-refractivity contribution in [3.8, 4) is 0 Å². The average Bonchev–Trinajstić information content (AvgIpc) is 2.06. The molecule has 0 saturated carbocycles. The Morgan fingerprint density at radius 1 is 1.21 bits per heavy atom. The maximum absolute atomic E-state index is 9.37. The predicted octanol–water partition coefficient (Wildman–Crippen LogP) is 0.993. The standard InChI is InChI=1S/C11H23NO2/c1-9(13)7-11-5-3-4-6-12(11)8-10(2)14/h9-11,13-14H,3-8H2,1-2H3. The number of aliphatic hydroxyl groups is 2. The minimum Gasteiger partial charge on any atom is -0.393 e. The van der Waals surface area contributed by atoms with Gasteiger partial charge in [-0.05, 0) is 39.7 Å². The third kappa shape index (κ3) is 3.95. The van der Waals surface area contributed by atoms with Crippen molar-refractivity contribution in [1.82, 2.24) is 4.90 Å². The topological polar surface area (TPSA) is 43.7 Å². The summed E-state index contributed by atoms with van der Waals surface area (Å²) < 4.78 is 0. The molecule has 0 amide bonds. The Bertz CT molecular complexity index is 141. The highest BCUT2D eigenvalue weighted by molar-refractivity contribution is 4.79. The Kier molecular flexibility index (Phi) is 4.85. The third-order valence-corrected chi connectivity index (χ3v) is 2.86. The maximum atomic E-state index is 9.37. The van der Waals surface area contributed by atoms with Crippen LogP contribution >= 0.6 is 0 Å².